The molecular formula is C14H14ClNO4S2. The number of hydrogen-bond acceptors (Lipinski definition) is 5. The van der Waals surface area contributed by atoms with Crippen LogP contribution in [0.3, 0.4) is 0 Å². The number of aliphatic hydroxyl groups is 1. The summed E-state index contributed by atoms with van der Waals surface area (Å²) in [5.41, 5.74) is -0.698. The molecule has 0 aliphatic carbocycles. The van der Waals surface area contributed by atoms with Gasteiger partial charge in [0, 0.05) is 18.5 Å². The standard InChI is InChI=1S/C14H14ClNO4S2/c15-12-5-6-13(21-12)22(18,19)16-9-14(17)7-8-20-11-4-2-1-3-10(11)14/h1-6,16-17H,7-9H2/t14-/m1/s1. The number of para-hydroxylation sites is 1. The van der Waals surface area contributed by atoms with Crippen LogP contribution in [0.2, 0.25) is 4.34 Å². The highest BCUT2D eigenvalue weighted by molar-refractivity contribution is 7.91. The summed E-state index contributed by atoms with van der Waals surface area (Å²) in [5, 5.41) is 10.8. The number of ether oxygens (including phenoxy) is 1. The van der Waals surface area contributed by atoms with Gasteiger partial charge in [-0.3, -0.25) is 0 Å². The van der Waals surface area contributed by atoms with Gasteiger partial charge < -0.3 is 9.84 Å². The number of halogens is 1. The zero-order valence-electron chi connectivity index (χ0n) is 11.5. The van der Waals surface area contributed by atoms with Gasteiger partial charge in [0.1, 0.15) is 15.6 Å². The van der Waals surface area contributed by atoms with E-state index in [9.17, 15) is 13.5 Å². The fourth-order valence-electron chi connectivity index (χ4n) is 2.35. The Morgan fingerprint density at radius 1 is 1.32 bits per heavy atom. The lowest BCUT2D eigenvalue weighted by Gasteiger charge is -2.34. The van der Waals surface area contributed by atoms with Crippen LogP contribution in [-0.4, -0.2) is 26.7 Å². The largest absolute Gasteiger partial charge is 0.493 e. The summed E-state index contributed by atoms with van der Waals surface area (Å²) < 4.78 is 33.0. The Morgan fingerprint density at radius 3 is 2.82 bits per heavy atom. The highest BCUT2D eigenvalue weighted by Crippen LogP contribution is 2.36. The van der Waals surface area contributed by atoms with Crippen molar-refractivity contribution in [3.8, 4) is 5.75 Å². The van der Waals surface area contributed by atoms with Crippen molar-refractivity contribution in [3.05, 3.63) is 46.3 Å². The zero-order valence-corrected chi connectivity index (χ0v) is 13.8. The molecule has 1 aromatic heterocycles. The second-order valence-electron chi connectivity index (χ2n) is 5.01. The summed E-state index contributed by atoms with van der Waals surface area (Å²) >= 11 is 6.74. The van der Waals surface area contributed by atoms with E-state index in [1.807, 2.05) is 6.07 Å². The monoisotopic (exact) mass is 359 g/mol. The second-order valence-corrected chi connectivity index (χ2v) is 8.72. The van der Waals surface area contributed by atoms with E-state index >= 15 is 0 Å². The number of rotatable bonds is 4. The molecule has 3 rings (SSSR count). The van der Waals surface area contributed by atoms with Crippen molar-refractivity contribution < 1.29 is 18.3 Å². The van der Waals surface area contributed by atoms with Crippen molar-refractivity contribution in [2.45, 2.75) is 16.2 Å². The summed E-state index contributed by atoms with van der Waals surface area (Å²) in [6, 6.07) is 10.1. The van der Waals surface area contributed by atoms with E-state index in [2.05, 4.69) is 4.72 Å². The third-order valence-corrected chi connectivity index (χ3v) is 6.65. The van der Waals surface area contributed by atoms with E-state index in [0.29, 0.717) is 28.7 Å². The van der Waals surface area contributed by atoms with Gasteiger partial charge in [0.2, 0.25) is 10.0 Å². The van der Waals surface area contributed by atoms with Crippen LogP contribution in [-0.2, 0) is 15.6 Å². The van der Waals surface area contributed by atoms with Gasteiger partial charge in [-0.1, -0.05) is 29.8 Å². The van der Waals surface area contributed by atoms with Crippen molar-refractivity contribution in [1.82, 2.24) is 4.72 Å². The van der Waals surface area contributed by atoms with E-state index < -0.39 is 15.6 Å². The summed E-state index contributed by atoms with van der Waals surface area (Å²) in [5.74, 6) is 0.578. The molecule has 22 heavy (non-hydrogen) atoms. The fourth-order valence-corrected chi connectivity index (χ4v) is 4.97. The van der Waals surface area contributed by atoms with Gasteiger partial charge in [-0.25, -0.2) is 13.1 Å². The topological polar surface area (TPSA) is 75.6 Å². The van der Waals surface area contributed by atoms with E-state index in [-0.39, 0.29) is 10.8 Å². The molecule has 0 fully saturated rings. The fraction of sp³-hybridized carbons (Fsp3) is 0.286. The van der Waals surface area contributed by atoms with E-state index in [1.54, 1.807) is 18.2 Å². The Hall–Kier alpha value is -1.12. The SMILES string of the molecule is O=S(=O)(NC[C@]1(O)CCOc2ccccc21)c1ccc(Cl)s1. The van der Waals surface area contributed by atoms with Crippen molar-refractivity contribution in [2.75, 3.05) is 13.2 Å². The normalized spacial score (nSPS) is 21.2. The molecule has 0 radical (unpaired) electrons. The maximum atomic E-state index is 12.2. The van der Waals surface area contributed by atoms with Crippen molar-refractivity contribution in [3.63, 3.8) is 0 Å². The molecule has 0 saturated heterocycles. The van der Waals surface area contributed by atoms with Gasteiger partial charge in [-0.15, -0.1) is 11.3 Å². The minimum absolute atomic E-state index is 0.120. The minimum Gasteiger partial charge on any atom is -0.493 e. The quantitative estimate of drug-likeness (QED) is 0.878. The van der Waals surface area contributed by atoms with Crippen LogP contribution in [0.25, 0.3) is 0 Å². The molecule has 0 amide bonds. The Balaban J connectivity index is 1.82. The molecule has 5 nitrogen and oxygen atoms in total. The first-order valence-corrected chi connectivity index (χ1v) is 9.28. The molecule has 2 aromatic rings. The van der Waals surface area contributed by atoms with E-state index in [1.165, 1.54) is 12.1 Å². The smallest absolute Gasteiger partial charge is 0.250 e. The van der Waals surface area contributed by atoms with Crippen LogP contribution in [0.15, 0.2) is 40.6 Å². The summed E-state index contributed by atoms with van der Waals surface area (Å²) in [4.78, 5) is 0. The van der Waals surface area contributed by atoms with E-state index in [0.717, 1.165) is 11.3 Å². The molecule has 1 aliphatic rings. The van der Waals surface area contributed by atoms with Gasteiger partial charge in [-0.2, -0.15) is 0 Å². The maximum absolute atomic E-state index is 12.2. The van der Waals surface area contributed by atoms with Crippen LogP contribution >= 0.6 is 22.9 Å². The number of fused-ring (bicyclic) bond motifs is 1. The van der Waals surface area contributed by atoms with Crippen LogP contribution in [0, 0.1) is 0 Å². The molecule has 0 spiro atoms. The van der Waals surface area contributed by atoms with Crippen LogP contribution in [0.5, 0.6) is 5.75 Å². The highest BCUT2D eigenvalue weighted by Gasteiger charge is 2.36. The lowest BCUT2D eigenvalue weighted by atomic mass is 9.88. The zero-order chi connectivity index (χ0) is 15.8. The molecule has 118 valence electrons. The third kappa shape index (κ3) is 3.00. The number of hydrogen-bond donors (Lipinski definition) is 2. The highest BCUT2D eigenvalue weighted by atomic mass is 35.5. The first-order chi connectivity index (χ1) is 10.4. The molecule has 0 bridgehead atoms. The summed E-state index contributed by atoms with van der Waals surface area (Å²) in [7, 11) is -3.70. The molecule has 1 aliphatic heterocycles. The molecule has 1 aromatic carbocycles. The molecule has 0 unspecified atom stereocenters. The van der Waals surface area contributed by atoms with Gasteiger partial charge in [0.25, 0.3) is 0 Å². The number of sulfonamides is 1. The molecule has 2 N–H and O–H groups in total. The Kier molecular flexibility index (Phi) is 4.17. The van der Waals surface area contributed by atoms with Crippen LogP contribution in [0.1, 0.15) is 12.0 Å². The maximum Gasteiger partial charge on any atom is 0.250 e. The predicted molar refractivity (Wildman–Crippen MR) is 85.0 cm³/mol. The molecule has 2 heterocycles. The average molecular weight is 360 g/mol. The van der Waals surface area contributed by atoms with Crippen LogP contribution < -0.4 is 9.46 Å². The first-order valence-electron chi connectivity index (χ1n) is 6.60. The van der Waals surface area contributed by atoms with Gasteiger partial charge in [-0.05, 0) is 18.2 Å². The average Bonchev–Trinajstić information content (AvgIpc) is 2.94. The van der Waals surface area contributed by atoms with Crippen molar-refractivity contribution >= 4 is 33.0 Å². The summed E-state index contributed by atoms with van der Waals surface area (Å²) in [6.45, 7) is 0.214. The minimum atomic E-state index is -3.70. The molecular weight excluding hydrogens is 346 g/mol. The van der Waals surface area contributed by atoms with Crippen molar-refractivity contribution in [1.29, 1.82) is 0 Å². The number of thiophene rings is 1. The van der Waals surface area contributed by atoms with E-state index in [4.69, 9.17) is 16.3 Å². The van der Waals surface area contributed by atoms with Crippen LogP contribution in [0.4, 0.5) is 0 Å². The Morgan fingerprint density at radius 2 is 2.09 bits per heavy atom. The number of benzene rings is 1. The molecule has 8 heteroatoms. The van der Waals surface area contributed by atoms with Gasteiger partial charge >= 0.3 is 0 Å². The third-order valence-electron chi connectivity index (χ3n) is 3.53. The van der Waals surface area contributed by atoms with Gasteiger partial charge in [0.05, 0.1) is 10.9 Å². The van der Waals surface area contributed by atoms with Gasteiger partial charge in [0.15, 0.2) is 0 Å². The lowest BCUT2D eigenvalue weighted by molar-refractivity contribution is 0.00220. The lowest BCUT2D eigenvalue weighted by Crippen LogP contribution is -2.43. The Labute approximate surface area is 137 Å². The first kappa shape index (κ1) is 15.8. The summed E-state index contributed by atoms with van der Waals surface area (Å²) in [6.07, 6.45) is 0.317. The molecule has 0 saturated carbocycles. The van der Waals surface area contributed by atoms with Crippen molar-refractivity contribution in [2.24, 2.45) is 0 Å². The molecule has 1 atom stereocenters. The Bertz CT molecular complexity index is 790. The predicted octanol–water partition coefficient (Wildman–Crippen LogP) is 2.35. The number of nitrogens with one attached hydrogen (secondary N) is 1. The second kappa shape index (κ2) is 5.82.